The fourth-order valence-corrected chi connectivity index (χ4v) is 1.26. The molecule has 0 saturated carbocycles. The molecule has 100 valence electrons. The molecule has 9 heteroatoms. The average Bonchev–Trinajstić information content (AvgIpc) is 2.27. The number of aromatic nitrogens is 2. The minimum Gasteiger partial charge on any atom is -0.461 e. The molecule has 1 aromatic heterocycles. The highest BCUT2D eigenvalue weighted by Gasteiger charge is 2.29. The van der Waals surface area contributed by atoms with Crippen LogP contribution in [0.15, 0.2) is 10.7 Å². The second-order valence-corrected chi connectivity index (χ2v) is 3.83. The molecule has 1 aromatic rings. The van der Waals surface area contributed by atoms with Crippen molar-refractivity contribution in [2.24, 2.45) is 0 Å². The van der Waals surface area contributed by atoms with Crippen LogP contribution in [0.4, 0.5) is 13.2 Å². The minimum absolute atomic E-state index is 0.119. The third-order valence-corrected chi connectivity index (χ3v) is 2.14. The lowest BCUT2D eigenvalue weighted by atomic mass is 10.4. The van der Waals surface area contributed by atoms with Crippen molar-refractivity contribution in [2.45, 2.75) is 13.1 Å². The molecule has 1 heterocycles. The quantitative estimate of drug-likeness (QED) is 0.794. The van der Waals surface area contributed by atoms with E-state index in [9.17, 15) is 18.0 Å². The summed E-state index contributed by atoms with van der Waals surface area (Å²) < 4.78 is 45.0. The Balaban J connectivity index is 2.84. The number of carbonyl (C=O) groups is 1. The molecular formula is C9H8BrF3N2O3. The van der Waals surface area contributed by atoms with Crippen LogP contribution in [-0.2, 0) is 4.74 Å². The Hall–Kier alpha value is -1.38. The molecule has 0 radical (unpaired) electrons. The first-order valence-corrected chi connectivity index (χ1v) is 5.52. The topological polar surface area (TPSA) is 61.3 Å². The second kappa shape index (κ2) is 5.98. The van der Waals surface area contributed by atoms with E-state index in [0.717, 1.165) is 6.20 Å². The third-order valence-electron chi connectivity index (χ3n) is 1.56. The van der Waals surface area contributed by atoms with Crippen molar-refractivity contribution in [1.29, 1.82) is 0 Å². The summed E-state index contributed by atoms with van der Waals surface area (Å²) in [6.45, 7) is 0.180. The molecule has 0 aromatic carbocycles. The SMILES string of the molecule is CCOC(=O)c1nc(OCC(F)(F)F)ncc1Br. The van der Waals surface area contributed by atoms with Crippen molar-refractivity contribution in [3.8, 4) is 6.01 Å². The van der Waals surface area contributed by atoms with Crippen LogP contribution in [0.5, 0.6) is 6.01 Å². The number of carbonyl (C=O) groups excluding carboxylic acids is 1. The maximum Gasteiger partial charge on any atom is 0.422 e. The largest absolute Gasteiger partial charge is 0.461 e. The van der Waals surface area contributed by atoms with E-state index in [4.69, 9.17) is 0 Å². The van der Waals surface area contributed by atoms with Crippen molar-refractivity contribution in [1.82, 2.24) is 9.97 Å². The summed E-state index contributed by atoms with van der Waals surface area (Å²) in [6, 6.07) is -0.543. The second-order valence-electron chi connectivity index (χ2n) is 2.97. The van der Waals surface area contributed by atoms with Crippen molar-refractivity contribution >= 4 is 21.9 Å². The Labute approximate surface area is 108 Å². The highest BCUT2D eigenvalue weighted by molar-refractivity contribution is 9.10. The van der Waals surface area contributed by atoms with Crippen LogP contribution in [0.3, 0.4) is 0 Å². The number of hydrogen-bond donors (Lipinski definition) is 0. The summed E-state index contributed by atoms with van der Waals surface area (Å²) in [5, 5.41) is 0. The fraction of sp³-hybridized carbons (Fsp3) is 0.444. The van der Waals surface area contributed by atoms with Gasteiger partial charge in [0.2, 0.25) is 0 Å². The zero-order valence-corrected chi connectivity index (χ0v) is 10.7. The maximum absolute atomic E-state index is 11.9. The van der Waals surface area contributed by atoms with Gasteiger partial charge in [0.25, 0.3) is 0 Å². The molecule has 0 aliphatic carbocycles. The number of esters is 1. The van der Waals surface area contributed by atoms with Gasteiger partial charge in [0, 0.05) is 6.20 Å². The molecule has 1 rings (SSSR count). The standard InChI is InChI=1S/C9H8BrF3N2O3/c1-2-17-7(16)6-5(10)3-14-8(15-6)18-4-9(11,12)13/h3H,2,4H2,1H3. The van der Waals surface area contributed by atoms with Gasteiger partial charge < -0.3 is 9.47 Å². The first-order valence-electron chi connectivity index (χ1n) is 4.72. The minimum atomic E-state index is -4.50. The summed E-state index contributed by atoms with van der Waals surface area (Å²) in [7, 11) is 0. The van der Waals surface area contributed by atoms with Gasteiger partial charge in [0.15, 0.2) is 12.3 Å². The van der Waals surface area contributed by atoms with Crippen LogP contribution < -0.4 is 4.74 Å². The van der Waals surface area contributed by atoms with E-state index < -0.39 is 24.8 Å². The Morgan fingerprint density at radius 2 is 2.17 bits per heavy atom. The molecular weight excluding hydrogens is 321 g/mol. The molecule has 0 spiro atoms. The van der Waals surface area contributed by atoms with Crippen LogP contribution in [-0.4, -0.2) is 35.3 Å². The van der Waals surface area contributed by atoms with Crippen LogP contribution in [0.2, 0.25) is 0 Å². The molecule has 0 unspecified atom stereocenters. The molecule has 0 fully saturated rings. The molecule has 18 heavy (non-hydrogen) atoms. The molecule has 0 bridgehead atoms. The van der Waals surface area contributed by atoms with Gasteiger partial charge in [-0.3, -0.25) is 0 Å². The van der Waals surface area contributed by atoms with Crippen LogP contribution in [0.1, 0.15) is 17.4 Å². The fourth-order valence-electron chi connectivity index (χ4n) is 0.909. The molecule has 0 N–H and O–H groups in total. The number of nitrogens with zero attached hydrogens (tertiary/aromatic N) is 2. The van der Waals surface area contributed by atoms with Gasteiger partial charge in [-0.25, -0.2) is 9.78 Å². The van der Waals surface area contributed by atoms with E-state index in [-0.39, 0.29) is 16.8 Å². The Morgan fingerprint density at radius 3 is 2.72 bits per heavy atom. The summed E-state index contributed by atoms with van der Waals surface area (Å²) in [6.07, 6.45) is -3.38. The van der Waals surface area contributed by atoms with Gasteiger partial charge >= 0.3 is 18.2 Å². The maximum atomic E-state index is 11.9. The van der Waals surface area contributed by atoms with Crippen LogP contribution >= 0.6 is 15.9 Å². The molecule has 0 aliphatic heterocycles. The highest BCUT2D eigenvalue weighted by atomic mass is 79.9. The molecule has 0 atom stereocenters. The first-order chi connectivity index (χ1) is 8.33. The average molecular weight is 329 g/mol. The van der Waals surface area contributed by atoms with Gasteiger partial charge in [-0.2, -0.15) is 18.2 Å². The summed E-state index contributed by atoms with van der Waals surface area (Å²) >= 11 is 2.99. The zero-order valence-electron chi connectivity index (χ0n) is 9.12. The van der Waals surface area contributed by atoms with Crippen molar-refractivity contribution in [2.75, 3.05) is 13.2 Å². The van der Waals surface area contributed by atoms with Gasteiger partial charge in [-0.1, -0.05) is 0 Å². The van der Waals surface area contributed by atoms with Crippen LogP contribution in [0, 0.1) is 0 Å². The molecule has 0 amide bonds. The van der Waals surface area contributed by atoms with Gasteiger partial charge in [-0.15, -0.1) is 0 Å². The summed E-state index contributed by atoms with van der Waals surface area (Å²) in [4.78, 5) is 18.4. The summed E-state index contributed by atoms with van der Waals surface area (Å²) in [5.41, 5.74) is -0.191. The monoisotopic (exact) mass is 328 g/mol. The summed E-state index contributed by atoms with van der Waals surface area (Å²) in [5.74, 6) is -0.774. The number of hydrogen-bond acceptors (Lipinski definition) is 5. The highest BCUT2D eigenvalue weighted by Crippen LogP contribution is 2.19. The Morgan fingerprint density at radius 1 is 1.50 bits per heavy atom. The number of halogens is 4. The van der Waals surface area contributed by atoms with E-state index in [2.05, 4.69) is 35.4 Å². The van der Waals surface area contributed by atoms with Crippen LogP contribution in [0.25, 0.3) is 0 Å². The molecule has 0 aliphatic rings. The van der Waals surface area contributed by atoms with Gasteiger partial charge in [0.05, 0.1) is 11.1 Å². The van der Waals surface area contributed by atoms with E-state index in [1.807, 2.05) is 0 Å². The van der Waals surface area contributed by atoms with E-state index in [1.165, 1.54) is 0 Å². The molecule has 0 saturated heterocycles. The molecule has 5 nitrogen and oxygen atoms in total. The van der Waals surface area contributed by atoms with Gasteiger partial charge in [0.1, 0.15) is 0 Å². The predicted molar refractivity (Wildman–Crippen MR) is 57.2 cm³/mol. The number of rotatable bonds is 4. The third kappa shape index (κ3) is 4.47. The smallest absolute Gasteiger partial charge is 0.422 e. The van der Waals surface area contributed by atoms with E-state index >= 15 is 0 Å². The zero-order chi connectivity index (χ0) is 13.8. The van der Waals surface area contributed by atoms with Crippen molar-refractivity contribution in [3.63, 3.8) is 0 Å². The van der Waals surface area contributed by atoms with E-state index in [1.54, 1.807) is 6.92 Å². The van der Waals surface area contributed by atoms with E-state index in [0.29, 0.717) is 0 Å². The predicted octanol–water partition coefficient (Wildman–Crippen LogP) is 2.36. The van der Waals surface area contributed by atoms with Crippen molar-refractivity contribution < 1.29 is 27.4 Å². The normalized spacial score (nSPS) is 11.2. The number of alkyl halides is 3. The number of ether oxygens (including phenoxy) is 2. The van der Waals surface area contributed by atoms with Crippen molar-refractivity contribution in [3.05, 3.63) is 16.4 Å². The lowest BCUT2D eigenvalue weighted by molar-refractivity contribution is -0.154. The lowest BCUT2D eigenvalue weighted by Crippen LogP contribution is -2.20. The Kier molecular flexibility index (Phi) is 4.88. The van der Waals surface area contributed by atoms with Gasteiger partial charge in [-0.05, 0) is 22.9 Å². The lowest BCUT2D eigenvalue weighted by Gasteiger charge is -2.08. The Bertz CT molecular complexity index is 440. The first kappa shape index (κ1) is 14.7.